The van der Waals surface area contributed by atoms with Gasteiger partial charge in [-0.15, -0.1) is 21.5 Å². The van der Waals surface area contributed by atoms with Crippen LogP contribution in [0, 0.1) is 6.92 Å². The number of aryl methyl sites for hydroxylation is 1. The van der Waals surface area contributed by atoms with Crippen molar-refractivity contribution in [3.05, 3.63) is 82.2 Å². The highest BCUT2D eigenvalue weighted by molar-refractivity contribution is 8.00. The Bertz CT molecular complexity index is 1280. The van der Waals surface area contributed by atoms with Crippen molar-refractivity contribution in [2.75, 3.05) is 5.32 Å². The van der Waals surface area contributed by atoms with Gasteiger partial charge >= 0.3 is 0 Å². The molecule has 33 heavy (non-hydrogen) atoms. The van der Waals surface area contributed by atoms with E-state index in [0.717, 1.165) is 16.0 Å². The lowest BCUT2D eigenvalue weighted by Gasteiger charge is -2.17. The van der Waals surface area contributed by atoms with Crippen molar-refractivity contribution in [1.82, 2.24) is 14.8 Å². The first-order valence-electron chi connectivity index (χ1n) is 9.96. The monoisotopic (exact) mass is 497 g/mol. The maximum atomic E-state index is 13.4. The summed E-state index contributed by atoms with van der Waals surface area (Å²) in [7, 11) is 0. The average Bonchev–Trinajstić information content (AvgIpc) is 3.45. The lowest BCUT2D eigenvalue weighted by Crippen LogP contribution is -2.22. The fraction of sp³-hybridized carbons (Fsp3) is 0.130. The molecule has 4 aromatic rings. The molecule has 4 rings (SSSR count). The molecule has 0 spiro atoms. The van der Waals surface area contributed by atoms with Crippen LogP contribution in [0.1, 0.15) is 16.4 Å². The first-order valence-corrected chi connectivity index (χ1v) is 12.1. The number of halogens is 1. The summed E-state index contributed by atoms with van der Waals surface area (Å²) in [6.07, 6.45) is 0. The summed E-state index contributed by atoms with van der Waals surface area (Å²) in [6.45, 7) is 1.80. The molecule has 7 nitrogen and oxygen atoms in total. The molecule has 2 aromatic heterocycles. The second-order valence-electron chi connectivity index (χ2n) is 7.20. The quantitative estimate of drug-likeness (QED) is 0.336. The van der Waals surface area contributed by atoms with Gasteiger partial charge in [-0.05, 0) is 41.6 Å². The second-order valence-corrected chi connectivity index (χ2v) is 9.62. The number of nitrogens with zero attached hydrogens (tertiary/aromatic N) is 3. The lowest BCUT2D eigenvalue weighted by molar-refractivity contribution is -0.118. The van der Waals surface area contributed by atoms with Gasteiger partial charge in [0.1, 0.15) is 11.8 Å². The molecular weight excluding hydrogens is 478 g/mol. The van der Waals surface area contributed by atoms with Crippen LogP contribution >= 0.6 is 34.7 Å². The van der Waals surface area contributed by atoms with Crippen LogP contribution in [0.15, 0.2) is 71.2 Å². The smallest absolute Gasteiger partial charge is 0.242 e. The van der Waals surface area contributed by atoms with E-state index in [1.165, 1.54) is 23.1 Å². The third-order valence-electron chi connectivity index (χ3n) is 4.78. The number of benzene rings is 2. The van der Waals surface area contributed by atoms with Crippen molar-refractivity contribution in [3.8, 4) is 10.7 Å². The summed E-state index contributed by atoms with van der Waals surface area (Å²) >= 11 is 8.91. The molecule has 2 aromatic carbocycles. The predicted molar refractivity (Wildman–Crippen MR) is 132 cm³/mol. The SMILES string of the molecule is Cc1ccc(NC(=O)C(Sc2nnc(-c3cccs3)n2CC(N)=O)c2ccccc2)cc1Cl. The largest absolute Gasteiger partial charge is 0.368 e. The van der Waals surface area contributed by atoms with Gasteiger partial charge in [-0.1, -0.05) is 65.8 Å². The van der Waals surface area contributed by atoms with Gasteiger partial charge in [0.25, 0.3) is 0 Å². The zero-order chi connectivity index (χ0) is 23.4. The van der Waals surface area contributed by atoms with E-state index < -0.39 is 11.2 Å². The molecule has 2 amide bonds. The maximum Gasteiger partial charge on any atom is 0.242 e. The molecule has 1 unspecified atom stereocenters. The van der Waals surface area contributed by atoms with Crippen LogP contribution in [0.4, 0.5) is 5.69 Å². The van der Waals surface area contributed by atoms with Gasteiger partial charge in [-0.2, -0.15) is 0 Å². The summed E-state index contributed by atoms with van der Waals surface area (Å²) in [5.74, 6) is -0.245. The fourth-order valence-electron chi connectivity index (χ4n) is 3.15. The summed E-state index contributed by atoms with van der Waals surface area (Å²) in [6, 6.07) is 18.5. The predicted octanol–water partition coefficient (Wildman–Crippen LogP) is 4.93. The van der Waals surface area contributed by atoms with Crippen LogP contribution in [0.3, 0.4) is 0 Å². The van der Waals surface area contributed by atoms with E-state index in [1.54, 1.807) is 16.7 Å². The minimum atomic E-state index is -0.654. The van der Waals surface area contributed by atoms with E-state index in [0.29, 0.717) is 21.7 Å². The summed E-state index contributed by atoms with van der Waals surface area (Å²) in [5.41, 5.74) is 7.79. The van der Waals surface area contributed by atoms with Crippen LogP contribution < -0.4 is 11.1 Å². The van der Waals surface area contributed by atoms with E-state index in [-0.39, 0.29) is 12.5 Å². The van der Waals surface area contributed by atoms with E-state index in [2.05, 4.69) is 15.5 Å². The molecule has 168 valence electrons. The minimum Gasteiger partial charge on any atom is -0.368 e. The third-order valence-corrected chi connectivity index (χ3v) is 7.28. The number of carbonyl (C=O) groups excluding carboxylic acids is 2. The van der Waals surface area contributed by atoms with Crippen LogP contribution in [-0.2, 0) is 16.1 Å². The van der Waals surface area contributed by atoms with Gasteiger partial charge in [-0.3, -0.25) is 14.2 Å². The number of carbonyl (C=O) groups is 2. The van der Waals surface area contributed by atoms with Gasteiger partial charge in [0.15, 0.2) is 11.0 Å². The van der Waals surface area contributed by atoms with Crippen LogP contribution in [0.5, 0.6) is 0 Å². The van der Waals surface area contributed by atoms with Gasteiger partial charge in [0.2, 0.25) is 11.8 Å². The Morgan fingerprint density at radius 1 is 1.15 bits per heavy atom. The zero-order valence-electron chi connectivity index (χ0n) is 17.6. The molecule has 0 fully saturated rings. The highest BCUT2D eigenvalue weighted by atomic mass is 35.5. The number of hydrogen-bond acceptors (Lipinski definition) is 6. The first-order chi connectivity index (χ1) is 15.9. The molecule has 0 aliphatic heterocycles. The number of nitrogens with two attached hydrogens (primary N) is 1. The van der Waals surface area contributed by atoms with Gasteiger partial charge in [0.05, 0.1) is 4.88 Å². The highest BCUT2D eigenvalue weighted by Crippen LogP contribution is 2.37. The van der Waals surface area contributed by atoms with Gasteiger partial charge < -0.3 is 11.1 Å². The number of hydrogen-bond donors (Lipinski definition) is 2. The summed E-state index contributed by atoms with van der Waals surface area (Å²) < 4.78 is 1.64. The molecule has 3 N–H and O–H groups in total. The molecule has 0 aliphatic rings. The number of aromatic nitrogens is 3. The van der Waals surface area contributed by atoms with Crippen LogP contribution in [-0.4, -0.2) is 26.6 Å². The molecule has 0 saturated heterocycles. The molecule has 2 heterocycles. The minimum absolute atomic E-state index is 0.0980. The third kappa shape index (κ3) is 5.44. The Kier molecular flexibility index (Phi) is 7.12. The molecule has 0 aliphatic carbocycles. The Morgan fingerprint density at radius 3 is 2.61 bits per heavy atom. The number of amides is 2. The summed E-state index contributed by atoms with van der Waals surface area (Å²) in [4.78, 5) is 26.0. The van der Waals surface area contributed by atoms with Crippen molar-refractivity contribution in [3.63, 3.8) is 0 Å². The number of primary amides is 1. The van der Waals surface area contributed by atoms with E-state index in [4.69, 9.17) is 17.3 Å². The molecule has 0 saturated carbocycles. The van der Waals surface area contributed by atoms with E-state index >= 15 is 0 Å². The molecule has 0 radical (unpaired) electrons. The molecule has 0 bridgehead atoms. The summed E-state index contributed by atoms with van der Waals surface area (Å²) in [5, 5.41) is 13.7. The lowest BCUT2D eigenvalue weighted by atomic mass is 10.1. The second kappa shape index (κ2) is 10.2. The van der Waals surface area contributed by atoms with Crippen molar-refractivity contribution in [2.45, 2.75) is 23.9 Å². The number of anilines is 1. The van der Waals surface area contributed by atoms with Gasteiger partial charge in [-0.25, -0.2) is 0 Å². The van der Waals surface area contributed by atoms with Crippen LogP contribution in [0.2, 0.25) is 5.02 Å². The topological polar surface area (TPSA) is 103 Å². The molecular formula is C23H20ClN5O2S2. The average molecular weight is 498 g/mol. The standard InChI is InChI=1S/C23H20ClN5O2S2/c1-14-9-10-16(12-17(14)24)26-22(31)20(15-6-3-2-4-7-15)33-23-28-27-21(18-8-5-11-32-18)29(23)13-19(25)30/h2-12,20H,13H2,1H3,(H2,25,30)(H,26,31). The number of thiophene rings is 1. The number of thioether (sulfide) groups is 1. The highest BCUT2D eigenvalue weighted by Gasteiger charge is 2.27. The Morgan fingerprint density at radius 2 is 1.94 bits per heavy atom. The van der Waals surface area contributed by atoms with E-state index in [9.17, 15) is 9.59 Å². The molecule has 1 atom stereocenters. The normalized spacial score (nSPS) is 11.8. The fourth-order valence-corrected chi connectivity index (χ4v) is 5.08. The van der Waals surface area contributed by atoms with Crippen molar-refractivity contribution < 1.29 is 9.59 Å². The number of rotatable bonds is 8. The first kappa shape index (κ1) is 23.0. The van der Waals surface area contributed by atoms with Crippen LogP contribution in [0.25, 0.3) is 10.7 Å². The Labute approximate surface area is 204 Å². The maximum absolute atomic E-state index is 13.4. The zero-order valence-corrected chi connectivity index (χ0v) is 20.0. The van der Waals surface area contributed by atoms with Crippen molar-refractivity contribution in [1.29, 1.82) is 0 Å². The Hall–Kier alpha value is -3.14. The van der Waals surface area contributed by atoms with Crippen molar-refractivity contribution >= 4 is 52.2 Å². The Balaban J connectivity index is 1.68. The molecule has 10 heteroatoms. The van der Waals surface area contributed by atoms with E-state index in [1.807, 2.05) is 60.8 Å². The van der Waals surface area contributed by atoms with Gasteiger partial charge in [0, 0.05) is 10.7 Å². The van der Waals surface area contributed by atoms with Crippen molar-refractivity contribution in [2.24, 2.45) is 5.73 Å². The number of nitrogens with one attached hydrogen (secondary N) is 1.